The summed E-state index contributed by atoms with van der Waals surface area (Å²) in [5, 5.41) is 0. The molecule has 1 aliphatic rings. The number of benzene rings is 2. The minimum Gasteiger partial charge on any atom is -0.495 e. The van der Waals surface area contributed by atoms with Crippen LogP contribution in [-0.4, -0.2) is 38.9 Å². The van der Waals surface area contributed by atoms with Crippen molar-refractivity contribution < 1.29 is 23.8 Å². The van der Waals surface area contributed by atoms with Crippen LogP contribution in [0.15, 0.2) is 30.3 Å². The molecule has 1 heterocycles. The topological polar surface area (TPSA) is 91.1 Å². The maximum Gasteiger partial charge on any atom is 0.513 e. The summed E-state index contributed by atoms with van der Waals surface area (Å²) < 4.78 is 15.1. The first kappa shape index (κ1) is 21.6. The van der Waals surface area contributed by atoms with Gasteiger partial charge in [-0.15, -0.1) is 0 Å². The molecule has 0 spiro atoms. The van der Waals surface area contributed by atoms with Gasteiger partial charge in [0.15, 0.2) is 0 Å². The highest BCUT2D eigenvalue weighted by Crippen LogP contribution is 2.36. The first-order valence-corrected chi connectivity index (χ1v) is 9.94. The molecule has 0 aliphatic carbocycles. The van der Waals surface area contributed by atoms with Gasteiger partial charge in [0.05, 0.1) is 25.9 Å². The first-order chi connectivity index (χ1) is 14.3. The Kier molecular flexibility index (Phi) is 6.62. The van der Waals surface area contributed by atoms with Crippen LogP contribution in [0, 0.1) is 13.8 Å². The van der Waals surface area contributed by atoms with Crippen molar-refractivity contribution in [1.82, 2.24) is 0 Å². The van der Waals surface area contributed by atoms with Gasteiger partial charge in [-0.05, 0) is 73.6 Å². The van der Waals surface area contributed by atoms with Crippen molar-refractivity contribution in [2.75, 3.05) is 25.7 Å². The van der Waals surface area contributed by atoms with Gasteiger partial charge in [-0.25, -0.2) is 4.79 Å². The van der Waals surface area contributed by atoms with Gasteiger partial charge in [-0.3, -0.25) is 4.79 Å². The molecule has 7 nitrogen and oxygen atoms in total. The molecule has 2 aromatic carbocycles. The van der Waals surface area contributed by atoms with Crippen molar-refractivity contribution in [3.63, 3.8) is 0 Å². The van der Waals surface area contributed by atoms with E-state index in [1.165, 1.54) is 7.11 Å². The fourth-order valence-corrected chi connectivity index (χ4v) is 3.98. The molecule has 1 aliphatic heterocycles. The average Bonchev–Trinajstić information content (AvgIpc) is 2.74. The smallest absolute Gasteiger partial charge is 0.495 e. The largest absolute Gasteiger partial charge is 0.513 e. The summed E-state index contributed by atoms with van der Waals surface area (Å²) in [6, 6.07) is 8.62. The summed E-state index contributed by atoms with van der Waals surface area (Å²) in [5.74, 6) is 0.953. The molecular formula is C23H28N2O5. The number of carbonyl (C=O) groups excluding carboxylic acids is 2. The predicted molar refractivity (Wildman–Crippen MR) is 114 cm³/mol. The number of aryl methyl sites for hydroxylation is 3. The van der Waals surface area contributed by atoms with E-state index in [-0.39, 0.29) is 5.91 Å². The quantitative estimate of drug-likeness (QED) is 0.598. The summed E-state index contributed by atoms with van der Waals surface area (Å²) in [4.78, 5) is 26.4. The Morgan fingerprint density at radius 3 is 2.50 bits per heavy atom. The molecule has 160 valence electrons. The number of methoxy groups -OCH3 is 2. The number of anilines is 1. The molecule has 2 N–H and O–H groups in total. The molecule has 0 unspecified atom stereocenters. The SMILES string of the molecule is COC(=O)Oc1cc(C)c(C[C@@H](N)C(=O)N2CCCc3cccc(OC)c32)c(C)c1. The number of hydrogen-bond acceptors (Lipinski definition) is 6. The molecule has 0 saturated carbocycles. The number of hydrogen-bond donors (Lipinski definition) is 1. The molecule has 0 aromatic heterocycles. The van der Waals surface area contributed by atoms with Crippen LogP contribution < -0.4 is 20.1 Å². The summed E-state index contributed by atoms with van der Waals surface area (Å²) in [7, 11) is 2.87. The van der Waals surface area contributed by atoms with E-state index in [0.717, 1.165) is 40.8 Å². The van der Waals surface area contributed by atoms with Gasteiger partial charge in [-0.1, -0.05) is 12.1 Å². The summed E-state index contributed by atoms with van der Waals surface area (Å²) >= 11 is 0. The van der Waals surface area contributed by atoms with Crippen LogP contribution in [0.3, 0.4) is 0 Å². The Labute approximate surface area is 176 Å². The van der Waals surface area contributed by atoms with Crippen LogP contribution in [-0.2, 0) is 22.4 Å². The third-order valence-corrected chi connectivity index (χ3v) is 5.44. The number of amides is 1. The van der Waals surface area contributed by atoms with E-state index in [4.69, 9.17) is 15.2 Å². The maximum atomic E-state index is 13.3. The predicted octanol–water partition coefficient (Wildman–Crippen LogP) is 3.31. The molecule has 0 fully saturated rings. The van der Waals surface area contributed by atoms with Crippen LogP contribution in [0.4, 0.5) is 10.5 Å². The molecule has 2 aromatic rings. The molecule has 3 rings (SSSR count). The monoisotopic (exact) mass is 412 g/mol. The van der Waals surface area contributed by atoms with Crippen molar-refractivity contribution in [2.24, 2.45) is 5.73 Å². The van der Waals surface area contributed by atoms with Gasteiger partial charge >= 0.3 is 6.16 Å². The third-order valence-electron chi connectivity index (χ3n) is 5.44. The highest BCUT2D eigenvalue weighted by atomic mass is 16.7. The van der Waals surface area contributed by atoms with Crippen LogP contribution >= 0.6 is 0 Å². The highest BCUT2D eigenvalue weighted by molar-refractivity contribution is 5.99. The fourth-order valence-electron chi connectivity index (χ4n) is 3.98. The molecule has 0 bridgehead atoms. The Balaban J connectivity index is 1.82. The lowest BCUT2D eigenvalue weighted by Gasteiger charge is -2.32. The Hall–Kier alpha value is -3.06. The van der Waals surface area contributed by atoms with E-state index in [1.807, 2.05) is 32.0 Å². The molecule has 0 saturated heterocycles. The lowest BCUT2D eigenvalue weighted by molar-refractivity contribution is -0.119. The Morgan fingerprint density at radius 1 is 1.17 bits per heavy atom. The lowest BCUT2D eigenvalue weighted by atomic mass is 9.94. The van der Waals surface area contributed by atoms with Crippen molar-refractivity contribution in [1.29, 1.82) is 0 Å². The second kappa shape index (κ2) is 9.17. The summed E-state index contributed by atoms with van der Waals surface area (Å²) in [6.45, 7) is 4.43. The number of fused-ring (bicyclic) bond motifs is 1. The maximum absolute atomic E-state index is 13.3. The molecule has 7 heteroatoms. The van der Waals surface area contributed by atoms with Crippen LogP contribution in [0.5, 0.6) is 11.5 Å². The second-order valence-electron chi connectivity index (χ2n) is 7.46. The van der Waals surface area contributed by atoms with Gasteiger partial charge in [0.2, 0.25) is 5.91 Å². The number of para-hydroxylation sites is 1. The van der Waals surface area contributed by atoms with Crippen molar-refractivity contribution in [3.8, 4) is 11.5 Å². The van der Waals surface area contributed by atoms with E-state index < -0.39 is 12.2 Å². The van der Waals surface area contributed by atoms with E-state index >= 15 is 0 Å². The normalized spacial score (nSPS) is 14.0. The third kappa shape index (κ3) is 4.41. The number of carbonyl (C=O) groups is 2. The van der Waals surface area contributed by atoms with Gasteiger partial charge in [0.1, 0.15) is 11.5 Å². The molecule has 30 heavy (non-hydrogen) atoms. The second-order valence-corrected chi connectivity index (χ2v) is 7.46. The van der Waals surface area contributed by atoms with Crippen molar-refractivity contribution in [3.05, 3.63) is 52.6 Å². The molecule has 1 amide bonds. The van der Waals surface area contributed by atoms with Crippen LogP contribution in [0.2, 0.25) is 0 Å². The molecule has 0 radical (unpaired) electrons. The standard InChI is InChI=1S/C23H28N2O5/c1-14-11-17(30-23(27)29-4)12-15(2)18(14)13-19(24)22(26)25-10-6-8-16-7-5-9-20(28-3)21(16)25/h5,7,9,11-12,19H,6,8,10,13,24H2,1-4H3/t19-/m1/s1. The zero-order valence-corrected chi connectivity index (χ0v) is 17.9. The van der Waals surface area contributed by atoms with Gasteiger partial charge in [0.25, 0.3) is 0 Å². The van der Waals surface area contributed by atoms with E-state index in [9.17, 15) is 9.59 Å². The molecular weight excluding hydrogens is 384 g/mol. The number of ether oxygens (including phenoxy) is 3. The van der Waals surface area contributed by atoms with Gasteiger partial charge in [0, 0.05) is 6.54 Å². The first-order valence-electron chi connectivity index (χ1n) is 9.94. The van der Waals surface area contributed by atoms with E-state index in [2.05, 4.69) is 4.74 Å². The van der Waals surface area contributed by atoms with Crippen molar-refractivity contribution >= 4 is 17.7 Å². The highest BCUT2D eigenvalue weighted by Gasteiger charge is 2.29. The number of nitrogens with zero attached hydrogens (tertiary/aromatic N) is 1. The van der Waals surface area contributed by atoms with Crippen LogP contribution in [0.25, 0.3) is 0 Å². The Morgan fingerprint density at radius 2 is 1.87 bits per heavy atom. The average molecular weight is 412 g/mol. The van der Waals surface area contributed by atoms with Crippen LogP contribution in [0.1, 0.15) is 28.7 Å². The van der Waals surface area contributed by atoms with Gasteiger partial charge < -0.3 is 24.8 Å². The summed E-state index contributed by atoms with van der Waals surface area (Å²) in [6.07, 6.45) is 1.41. The summed E-state index contributed by atoms with van der Waals surface area (Å²) in [5.41, 5.74) is 11.0. The number of nitrogens with two attached hydrogens (primary N) is 1. The van der Waals surface area contributed by atoms with E-state index in [0.29, 0.717) is 24.5 Å². The van der Waals surface area contributed by atoms with Crippen molar-refractivity contribution in [2.45, 2.75) is 39.2 Å². The zero-order chi connectivity index (χ0) is 21.8. The Bertz CT molecular complexity index is 919. The van der Waals surface area contributed by atoms with Gasteiger partial charge in [-0.2, -0.15) is 0 Å². The fraction of sp³-hybridized carbons (Fsp3) is 0.391. The minimum atomic E-state index is -0.772. The number of rotatable bonds is 5. The van der Waals surface area contributed by atoms with E-state index in [1.54, 1.807) is 24.1 Å². The molecule has 1 atom stereocenters. The zero-order valence-electron chi connectivity index (χ0n) is 17.9. The lowest BCUT2D eigenvalue weighted by Crippen LogP contribution is -2.47. The minimum absolute atomic E-state index is 0.130.